The number of allylic oxidation sites excluding steroid dienone is 1. The van der Waals surface area contributed by atoms with E-state index in [2.05, 4.69) is 0 Å². The van der Waals surface area contributed by atoms with Crippen LogP contribution in [-0.2, 0) is 6.42 Å². The summed E-state index contributed by atoms with van der Waals surface area (Å²) in [7, 11) is 0. The first-order chi connectivity index (χ1) is 11.0. The van der Waals surface area contributed by atoms with Gasteiger partial charge in [-0.05, 0) is 60.7 Å². The molecule has 0 aliphatic heterocycles. The highest BCUT2D eigenvalue weighted by Gasteiger charge is 2.13. The predicted molar refractivity (Wildman–Crippen MR) is 79.7 cm³/mol. The predicted octanol–water partition coefficient (Wildman–Crippen LogP) is 5.61. The Morgan fingerprint density at radius 2 is 1.65 bits per heavy atom. The van der Waals surface area contributed by atoms with Gasteiger partial charge in [0.15, 0.2) is 0 Å². The van der Waals surface area contributed by atoms with Crippen LogP contribution in [0, 0.1) is 23.0 Å². The number of aryl methyl sites for hydroxylation is 1. The second kappa shape index (κ2) is 7.59. The zero-order valence-electron chi connectivity index (χ0n) is 12.1. The molecule has 2 rings (SSSR count). The molecule has 0 unspecified atom stereocenters. The molecular formula is C18H13F4N. The van der Waals surface area contributed by atoms with Gasteiger partial charge in [0.25, 0.3) is 6.08 Å². The van der Waals surface area contributed by atoms with Crippen LogP contribution < -0.4 is 0 Å². The maximum atomic E-state index is 14.2. The van der Waals surface area contributed by atoms with Crippen LogP contribution in [0.2, 0.25) is 0 Å². The number of rotatable bonds is 5. The number of benzene rings is 2. The molecule has 0 aliphatic rings. The van der Waals surface area contributed by atoms with Crippen LogP contribution in [-0.4, -0.2) is 0 Å². The molecule has 2 aromatic rings. The molecule has 0 atom stereocenters. The molecule has 0 heterocycles. The van der Waals surface area contributed by atoms with Gasteiger partial charge in [0.05, 0.1) is 17.2 Å². The number of nitrogens with zero attached hydrogens (tertiary/aromatic N) is 1. The fraction of sp³-hybridized carbons (Fsp3) is 0.167. The van der Waals surface area contributed by atoms with Gasteiger partial charge in [-0.3, -0.25) is 0 Å². The SMILES string of the molecule is N#Cc1ccc(-c2c(F)cc(CCCC=C(F)F)cc2F)cc1. The highest BCUT2D eigenvalue weighted by molar-refractivity contribution is 5.66. The summed E-state index contributed by atoms with van der Waals surface area (Å²) < 4.78 is 52.2. The molecule has 2 aromatic carbocycles. The Hall–Kier alpha value is -2.61. The topological polar surface area (TPSA) is 23.8 Å². The summed E-state index contributed by atoms with van der Waals surface area (Å²) >= 11 is 0. The van der Waals surface area contributed by atoms with E-state index in [1.165, 1.54) is 36.4 Å². The maximum Gasteiger partial charge on any atom is 0.266 e. The third kappa shape index (κ3) is 4.43. The molecule has 118 valence electrons. The van der Waals surface area contributed by atoms with Crippen LogP contribution in [0.5, 0.6) is 0 Å². The number of halogens is 4. The van der Waals surface area contributed by atoms with Crippen molar-refractivity contribution in [2.24, 2.45) is 0 Å². The summed E-state index contributed by atoms with van der Waals surface area (Å²) in [6, 6.07) is 10.3. The van der Waals surface area contributed by atoms with Gasteiger partial charge in [-0.25, -0.2) is 8.78 Å². The van der Waals surface area contributed by atoms with Crippen molar-refractivity contribution in [1.82, 2.24) is 0 Å². The largest absolute Gasteiger partial charge is 0.266 e. The lowest BCUT2D eigenvalue weighted by Crippen LogP contribution is -1.95. The summed E-state index contributed by atoms with van der Waals surface area (Å²) in [5, 5.41) is 8.73. The van der Waals surface area contributed by atoms with Crippen LogP contribution in [0.3, 0.4) is 0 Å². The normalized spacial score (nSPS) is 10.2. The first kappa shape index (κ1) is 16.8. The van der Waals surface area contributed by atoms with E-state index in [1.807, 2.05) is 6.07 Å². The van der Waals surface area contributed by atoms with Gasteiger partial charge in [-0.2, -0.15) is 14.0 Å². The molecule has 1 nitrogen and oxygen atoms in total. The average Bonchev–Trinajstić information content (AvgIpc) is 2.51. The zero-order chi connectivity index (χ0) is 16.8. The minimum atomic E-state index is -1.75. The number of nitriles is 1. The molecule has 0 radical (unpaired) electrons. The standard InChI is InChI=1S/C18H13F4N/c19-15-9-13(3-1-2-4-17(21)22)10-16(20)18(15)14-7-5-12(11-23)6-8-14/h4-10H,1-3H2. The third-order valence-corrected chi connectivity index (χ3v) is 3.37. The van der Waals surface area contributed by atoms with E-state index < -0.39 is 17.7 Å². The van der Waals surface area contributed by atoms with Crippen molar-refractivity contribution in [2.75, 3.05) is 0 Å². The second-order valence-electron chi connectivity index (χ2n) is 5.01. The molecule has 0 bridgehead atoms. The van der Waals surface area contributed by atoms with E-state index in [1.54, 1.807) is 0 Å². The molecule has 0 spiro atoms. The molecule has 0 aromatic heterocycles. The van der Waals surface area contributed by atoms with Gasteiger partial charge >= 0.3 is 0 Å². The van der Waals surface area contributed by atoms with E-state index in [-0.39, 0.29) is 12.0 Å². The van der Waals surface area contributed by atoms with E-state index in [0.29, 0.717) is 29.5 Å². The van der Waals surface area contributed by atoms with Crippen LogP contribution in [0.25, 0.3) is 11.1 Å². The molecule has 0 fully saturated rings. The fourth-order valence-electron chi connectivity index (χ4n) is 2.27. The molecule has 5 heteroatoms. The van der Waals surface area contributed by atoms with Gasteiger partial charge in [-0.15, -0.1) is 0 Å². The van der Waals surface area contributed by atoms with E-state index in [4.69, 9.17) is 5.26 Å². The second-order valence-corrected chi connectivity index (χ2v) is 5.01. The van der Waals surface area contributed by atoms with Crippen LogP contribution in [0.1, 0.15) is 24.0 Å². The Morgan fingerprint density at radius 3 is 2.17 bits per heavy atom. The quantitative estimate of drug-likeness (QED) is 0.519. The van der Waals surface area contributed by atoms with Crippen molar-refractivity contribution in [2.45, 2.75) is 19.3 Å². The summed E-state index contributed by atoms with van der Waals surface area (Å²) in [5.41, 5.74) is 1.00. The lowest BCUT2D eigenvalue weighted by atomic mass is 9.99. The number of hydrogen-bond acceptors (Lipinski definition) is 1. The van der Waals surface area contributed by atoms with Crippen molar-refractivity contribution >= 4 is 0 Å². The monoisotopic (exact) mass is 319 g/mol. The lowest BCUT2D eigenvalue weighted by molar-refractivity contribution is 0.417. The zero-order valence-corrected chi connectivity index (χ0v) is 12.1. The third-order valence-electron chi connectivity index (χ3n) is 3.37. The van der Waals surface area contributed by atoms with E-state index in [9.17, 15) is 17.6 Å². The molecular weight excluding hydrogens is 306 g/mol. The summed E-state index contributed by atoms with van der Waals surface area (Å²) in [6.07, 6.45) is -0.114. The first-order valence-electron chi connectivity index (χ1n) is 7.01. The molecule has 23 heavy (non-hydrogen) atoms. The Balaban J connectivity index is 2.19. The van der Waals surface area contributed by atoms with Gasteiger partial charge in [0, 0.05) is 0 Å². The average molecular weight is 319 g/mol. The van der Waals surface area contributed by atoms with Gasteiger partial charge in [0.1, 0.15) is 11.6 Å². The summed E-state index contributed by atoms with van der Waals surface area (Å²) in [5.74, 6) is -1.42. The van der Waals surface area contributed by atoms with Gasteiger partial charge in [0.2, 0.25) is 0 Å². The minimum absolute atomic E-state index is 0.156. The van der Waals surface area contributed by atoms with Gasteiger partial charge in [-0.1, -0.05) is 12.1 Å². The summed E-state index contributed by atoms with van der Waals surface area (Å²) in [4.78, 5) is 0. The van der Waals surface area contributed by atoms with Gasteiger partial charge < -0.3 is 0 Å². The Morgan fingerprint density at radius 1 is 1.04 bits per heavy atom. The molecule has 0 amide bonds. The van der Waals surface area contributed by atoms with Crippen LogP contribution in [0.15, 0.2) is 48.6 Å². The maximum absolute atomic E-state index is 14.2. The number of hydrogen-bond donors (Lipinski definition) is 0. The van der Waals surface area contributed by atoms with Crippen molar-refractivity contribution in [3.63, 3.8) is 0 Å². The Labute approximate surface area is 131 Å². The smallest absolute Gasteiger partial charge is 0.206 e. The fourth-order valence-corrected chi connectivity index (χ4v) is 2.27. The Kier molecular flexibility index (Phi) is 5.53. The lowest BCUT2D eigenvalue weighted by Gasteiger charge is -2.08. The first-order valence-corrected chi connectivity index (χ1v) is 7.01. The molecule has 0 saturated heterocycles. The van der Waals surface area contributed by atoms with Crippen LogP contribution in [0.4, 0.5) is 17.6 Å². The molecule has 0 saturated carbocycles. The van der Waals surface area contributed by atoms with Crippen molar-refractivity contribution < 1.29 is 17.6 Å². The molecule has 0 aliphatic carbocycles. The Bertz CT molecular complexity index is 731. The van der Waals surface area contributed by atoms with Crippen molar-refractivity contribution in [1.29, 1.82) is 5.26 Å². The molecule has 0 N–H and O–H groups in total. The van der Waals surface area contributed by atoms with Crippen molar-refractivity contribution in [3.8, 4) is 17.2 Å². The highest BCUT2D eigenvalue weighted by atomic mass is 19.3. The van der Waals surface area contributed by atoms with E-state index >= 15 is 0 Å². The number of unbranched alkanes of at least 4 members (excludes halogenated alkanes) is 1. The van der Waals surface area contributed by atoms with Crippen LogP contribution >= 0.6 is 0 Å². The highest BCUT2D eigenvalue weighted by Crippen LogP contribution is 2.28. The van der Waals surface area contributed by atoms with E-state index in [0.717, 1.165) is 6.08 Å². The minimum Gasteiger partial charge on any atom is -0.206 e. The van der Waals surface area contributed by atoms with Crippen molar-refractivity contribution in [3.05, 3.63) is 71.3 Å². The summed E-state index contributed by atoms with van der Waals surface area (Å²) in [6.45, 7) is 0.